The highest BCUT2D eigenvalue weighted by atomic mass is 16.2. The second-order valence-electron chi connectivity index (χ2n) is 3.63. The Hall–Kier alpha value is -1.68. The fourth-order valence-corrected chi connectivity index (χ4v) is 1.57. The minimum atomic E-state index is -0.287. The molecule has 1 heterocycles. The van der Waals surface area contributed by atoms with Crippen LogP contribution in [0.25, 0.3) is 0 Å². The van der Waals surface area contributed by atoms with E-state index in [0.717, 1.165) is 5.01 Å². The summed E-state index contributed by atoms with van der Waals surface area (Å²) in [6, 6.07) is 8.80. The van der Waals surface area contributed by atoms with Crippen LogP contribution in [-0.4, -0.2) is 22.9 Å². The first kappa shape index (κ1) is 9.86. The van der Waals surface area contributed by atoms with E-state index in [1.807, 2.05) is 13.0 Å². The van der Waals surface area contributed by atoms with Crippen LogP contribution in [0.4, 0.5) is 0 Å². The number of nitrogens with zero attached hydrogens (tertiary/aromatic N) is 1. The first-order valence-corrected chi connectivity index (χ1v) is 4.87. The molecule has 78 valence electrons. The molecular weight excluding hydrogens is 192 g/mol. The molecule has 0 spiro atoms. The van der Waals surface area contributed by atoms with Gasteiger partial charge in [0.15, 0.2) is 0 Å². The van der Waals surface area contributed by atoms with E-state index in [9.17, 15) is 9.59 Å². The summed E-state index contributed by atoms with van der Waals surface area (Å²) in [5, 5.41) is 1.10. The first-order valence-electron chi connectivity index (χ1n) is 4.87. The molecule has 1 unspecified atom stereocenters. The van der Waals surface area contributed by atoms with E-state index >= 15 is 0 Å². The van der Waals surface area contributed by atoms with Gasteiger partial charge in [-0.1, -0.05) is 18.2 Å². The first-order chi connectivity index (χ1) is 7.18. The van der Waals surface area contributed by atoms with Crippen molar-refractivity contribution in [1.29, 1.82) is 0 Å². The monoisotopic (exact) mass is 204 g/mol. The van der Waals surface area contributed by atoms with Crippen molar-refractivity contribution in [3.8, 4) is 0 Å². The van der Waals surface area contributed by atoms with E-state index in [0.29, 0.717) is 12.0 Å². The lowest BCUT2D eigenvalue weighted by Crippen LogP contribution is -2.41. The Labute approximate surface area is 87.9 Å². The SMILES string of the molecule is CC1CC(=O)N(C(=O)c2ccccc2)N1. The maximum Gasteiger partial charge on any atom is 0.275 e. The molecule has 1 saturated heterocycles. The number of nitrogens with one attached hydrogen (secondary N) is 1. The van der Waals surface area contributed by atoms with Crippen LogP contribution in [0, 0.1) is 0 Å². The van der Waals surface area contributed by atoms with Crippen LogP contribution in [0.1, 0.15) is 23.7 Å². The average molecular weight is 204 g/mol. The van der Waals surface area contributed by atoms with Gasteiger partial charge in [-0.05, 0) is 19.1 Å². The molecule has 4 nitrogen and oxygen atoms in total. The van der Waals surface area contributed by atoms with Gasteiger partial charge >= 0.3 is 0 Å². The Bertz CT molecular complexity index is 389. The molecule has 1 aromatic rings. The summed E-state index contributed by atoms with van der Waals surface area (Å²) in [4.78, 5) is 23.3. The molecule has 15 heavy (non-hydrogen) atoms. The highest BCUT2D eigenvalue weighted by Gasteiger charge is 2.31. The summed E-state index contributed by atoms with van der Waals surface area (Å²) in [5.41, 5.74) is 3.36. The third kappa shape index (κ3) is 1.89. The van der Waals surface area contributed by atoms with Gasteiger partial charge in [-0.15, -0.1) is 0 Å². The normalized spacial score (nSPS) is 20.7. The maximum absolute atomic E-state index is 11.8. The third-order valence-electron chi connectivity index (χ3n) is 2.30. The minimum Gasteiger partial charge on any atom is -0.273 e. The zero-order valence-electron chi connectivity index (χ0n) is 8.43. The number of amides is 2. The highest BCUT2D eigenvalue weighted by Crippen LogP contribution is 2.11. The molecule has 0 bridgehead atoms. The Kier molecular flexibility index (Phi) is 2.51. The van der Waals surface area contributed by atoms with Gasteiger partial charge in [0, 0.05) is 18.0 Å². The van der Waals surface area contributed by atoms with Gasteiger partial charge < -0.3 is 0 Å². The van der Waals surface area contributed by atoms with E-state index in [2.05, 4.69) is 5.43 Å². The van der Waals surface area contributed by atoms with E-state index in [-0.39, 0.29) is 17.9 Å². The van der Waals surface area contributed by atoms with Gasteiger partial charge in [-0.2, -0.15) is 0 Å². The van der Waals surface area contributed by atoms with Crippen LogP contribution in [-0.2, 0) is 4.79 Å². The molecule has 1 N–H and O–H groups in total. The number of carbonyl (C=O) groups excluding carboxylic acids is 2. The molecule has 2 rings (SSSR count). The van der Waals surface area contributed by atoms with Crippen LogP contribution in [0.5, 0.6) is 0 Å². The molecule has 0 saturated carbocycles. The van der Waals surface area contributed by atoms with Crippen molar-refractivity contribution in [3.05, 3.63) is 35.9 Å². The molecule has 1 fully saturated rings. The number of rotatable bonds is 1. The summed E-state index contributed by atoms with van der Waals surface area (Å²) in [6.07, 6.45) is 0.374. The van der Waals surface area contributed by atoms with Crippen molar-refractivity contribution in [3.63, 3.8) is 0 Å². The van der Waals surface area contributed by atoms with E-state index in [1.165, 1.54) is 0 Å². The summed E-state index contributed by atoms with van der Waals surface area (Å²) in [6.45, 7) is 1.87. The second kappa shape index (κ2) is 3.82. The Morgan fingerprint density at radius 1 is 1.40 bits per heavy atom. The van der Waals surface area contributed by atoms with E-state index in [4.69, 9.17) is 0 Å². The van der Waals surface area contributed by atoms with Gasteiger partial charge in [0.1, 0.15) is 0 Å². The Balaban J connectivity index is 2.19. The molecule has 4 heteroatoms. The summed E-state index contributed by atoms with van der Waals surface area (Å²) < 4.78 is 0. The van der Waals surface area contributed by atoms with E-state index in [1.54, 1.807) is 24.3 Å². The fourth-order valence-electron chi connectivity index (χ4n) is 1.57. The molecule has 1 aromatic carbocycles. The van der Waals surface area contributed by atoms with Crippen molar-refractivity contribution in [2.75, 3.05) is 0 Å². The largest absolute Gasteiger partial charge is 0.275 e. The minimum absolute atomic E-state index is 0.0326. The molecular formula is C11H12N2O2. The second-order valence-corrected chi connectivity index (χ2v) is 3.63. The average Bonchev–Trinajstić information content (AvgIpc) is 2.58. The standard InChI is InChI=1S/C11H12N2O2/c1-8-7-10(14)13(12-8)11(15)9-5-3-2-4-6-9/h2-6,8,12H,7H2,1H3. The Morgan fingerprint density at radius 2 is 2.07 bits per heavy atom. The number of hydrogen-bond donors (Lipinski definition) is 1. The van der Waals surface area contributed by atoms with Crippen molar-refractivity contribution in [1.82, 2.24) is 10.4 Å². The van der Waals surface area contributed by atoms with Gasteiger partial charge in [0.25, 0.3) is 5.91 Å². The number of imide groups is 1. The van der Waals surface area contributed by atoms with Gasteiger partial charge in [0.05, 0.1) is 0 Å². The molecule has 1 aliphatic heterocycles. The van der Waals surface area contributed by atoms with Crippen molar-refractivity contribution in [2.24, 2.45) is 0 Å². The molecule has 2 amide bonds. The lowest BCUT2D eigenvalue weighted by molar-refractivity contribution is -0.126. The topological polar surface area (TPSA) is 49.4 Å². The molecule has 1 aliphatic rings. The van der Waals surface area contributed by atoms with Crippen LogP contribution in [0.2, 0.25) is 0 Å². The number of carbonyl (C=O) groups is 2. The van der Waals surface area contributed by atoms with Crippen LogP contribution in [0.3, 0.4) is 0 Å². The van der Waals surface area contributed by atoms with Crippen molar-refractivity contribution in [2.45, 2.75) is 19.4 Å². The van der Waals surface area contributed by atoms with Crippen LogP contribution in [0.15, 0.2) is 30.3 Å². The summed E-state index contributed by atoms with van der Waals surface area (Å²) >= 11 is 0. The zero-order valence-corrected chi connectivity index (χ0v) is 8.43. The number of hydrogen-bond acceptors (Lipinski definition) is 3. The summed E-state index contributed by atoms with van der Waals surface area (Å²) in [7, 11) is 0. The third-order valence-corrected chi connectivity index (χ3v) is 2.30. The van der Waals surface area contributed by atoms with E-state index < -0.39 is 0 Å². The van der Waals surface area contributed by atoms with Crippen molar-refractivity contribution < 1.29 is 9.59 Å². The lowest BCUT2D eigenvalue weighted by Gasteiger charge is -2.14. The number of benzene rings is 1. The highest BCUT2D eigenvalue weighted by molar-refractivity contribution is 6.05. The predicted molar refractivity (Wildman–Crippen MR) is 54.8 cm³/mol. The quantitative estimate of drug-likeness (QED) is 0.693. The molecule has 0 aliphatic carbocycles. The Morgan fingerprint density at radius 3 is 2.60 bits per heavy atom. The molecule has 0 aromatic heterocycles. The van der Waals surface area contributed by atoms with Crippen molar-refractivity contribution >= 4 is 11.8 Å². The summed E-state index contributed by atoms with van der Waals surface area (Å²) in [5.74, 6) is -0.457. The maximum atomic E-state index is 11.8. The van der Waals surface area contributed by atoms with Gasteiger partial charge in [-0.3, -0.25) is 9.59 Å². The fraction of sp³-hybridized carbons (Fsp3) is 0.273. The zero-order chi connectivity index (χ0) is 10.8. The van der Waals surface area contributed by atoms with Gasteiger partial charge in [-0.25, -0.2) is 10.4 Å². The van der Waals surface area contributed by atoms with Crippen LogP contribution >= 0.6 is 0 Å². The van der Waals surface area contributed by atoms with Crippen LogP contribution < -0.4 is 5.43 Å². The number of hydrazine groups is 1. The smallest absolute Gasteiger partial charge is 0.273 e. The lowest BCUT2D eigenvalue weighted by atomic mass is 10.2. The molecule has 0 radical (unpaired) electrons. The van der Waals surface area contributed by atoms with Gasteiger partial charge in [0.2, 0.25) is 5.91 Å². The predicted octanol–water partition coefficient (Wildman–Crippen LogP) is 0.952. The molecule has 1 atom stereocenters.